The van der Waals surface area contributed by atoms with Crippen molar-refractivity contribution in [3.8, 4) is 28.6 Å². The molecule has 3 rings (SSSR count). The molecule has 0 aliphatic carbocycles. The number of aromatic nitrogens is 2. The van der Waals surface area contributed by atoms with Gasteiger partial charge in [0.25, 0.3) is 0 Å². The molecular formula is C17H9Cl2N3. The summed E-state index contributed by atoms with van der Waals surface area (Å²) >= 11 is 11.9. The van der Waals surface area contributed by atoms with Gasteiger partial charge in [0, 0.05) is 16.1 Å². The van der Waals surface area contributed by atoms with Gasteiger partial charge in [0.05, 0.1) is 23.0 Å². The molecule has 0 saturated heterocycles. The number of rotatable bonds is 2. The van der Waals surface area contributed by atoms with Crippen molar-refractivity contribution >= 4 is 23.2 Å². The normalized spacial score (nSPS) is 10.2. The quantitative estimate of drug-likeness (QED) is 0.623. The van der Waals surface area contributed by atoms with Crippen LogP contribution in [-0.4, -0.2) is 9.97 Å². The van der Waals surface area contributed by atoms with Crippen LogP contribution in [0, 0.1) is 11.3 Å². The predicted molar refractivity (Wildman–Crippen MR) is 87.6 cm³/mol. The third-order valence-electron chi connectivity index (χ3n) is 3.15. The van der Waals surface area contributed by atoms with Crippen LogP contribution in [0.3, 0.4) is 0 Å². The van der Waals surface area contributed by atoms with Crippen LogP contribution in [0.2, 0.25) is 10.3 Å². The van der Waals surface area contributed by atoms with Crippen LogP contribution in [0.4, 0.5) is 0 Å². The maximum atomic E-state index is 8.85. The van der Waals surface area contributed by atoms with E-state index in [-0.39, 0.29) is 5.28 Å². The van der Waals surface area contributed by atoms with E-state index in [2.05, 4.69) is 16.0 Å². The summed E-state index contributed by atoms with van der Waals surface area (Å²) in [6, 6.07) is 18.5. The van der Waals surface area contributed by atoms with Crippen molar-refractivity contribution in [2.75, 3.05) is 0 Å². The molecule has 0 radical (unpaired) electrons. The first-order valence-electron chi connectivity index (χ1n) is 6.47. The monoisotopic (exact) mass is 325 g/mol. The minimum Gasteiger partial charge on any atom is -0.218 e. The second-order valence-electron chi connectivity index (χ2n) is 4.60. The zero-order valence-electron chi connectivity index (χ0n) is 11.3. The first-order valence-corrected chi connectivity index (χ1v) is 7.22. The Morgan fingerprint density at radius 3 is 1.77 bits per heavy atom. The fraction of sp³-hybridized carbons (Fsp3) is 0. The Morgan fingerprint density at radius 1 is 0.773 bits per heavy atom. The highest BCUT2D eigenvalue weighted by molar-refractivity contribution is 6.30. The summed E-state index contributed by atoms with van der Waals surface area (Å²) in [4.78, 5) is 8.50. The van der Waals surface area contributed by atoms with Gasteiger partial charge in [-0.05, 0) is 41.9 Å². The molecule has 0 aliphatic rings. The maximum absolute atomic E-state index is 8.85. The Morgan fingerprint density at radius 2 is 1.27 bits per heavy atom. The van der Waals surface area contributed by atoms with Gasteiger partial charge in [-0.15, -0.1) is 0 Å². The molecule has 0 atom stereocenters. The van der Waals surface area contributed by atoms with Crippen LogP contribution in [-0.2, 0) is 0 Å². The zero-order valence-corrected chi connectivity index (χ0v) is 12.8. The summed E-state index contributed by atoms with van der Waals surface area (Å²) in [5.41, 5.74) is 3.80. The lowest BCUT2D eigenvalue weighted by molar-refractivity contribution is 1.18. The fourth-order valence-electron chi connectivity index (χ4n) is 2.05. The molecule has 3 nitrogen and oxygen atoms in total. The third kappa shape index (κ3) is 3.09. The molecule has 0 unspecified atom stereocenters. The first-order chi connectivity index (χ1) is 10.7. The van der Waals surface area contributed by atoms with E-state index < -0.39 is 0 Å². The number of nitrogens with zero attached hydrogens (tertiary/aromatic N) is 3. The molecule has 0 fully saturated rings. The molecular weight excluding hydrogens is 317 g/mol. The number of benzene rings is 2. The molecule has 0 bridgehead atoms. The largest absolute Gasteiger partial charge is 0.223 e. The van der Waals surface area contributed by atoms with Crippen molar-refractivity contribution in [1.82, 2.24) is 9.97 Å². The molecule has 2 aromatic carbocycles. The van der Waals surface area contributed by atoms with Gasteiger partial charge in [-0.25, -0.2) is 9.97 Å². The second-order valence-corrected chi connectivity index (χ2v) is 5.38. The van der Waals surface area contributed by atoms with E-state index in [1.165, 1.54) is 0 Å². The standard InChI is InChI=1S/C17H9Cl2N3/c18-14-7-5-13(6-8-14)16-9-15(21-17(19)22-16)12-3-1-11(10-20)2-4-12/h1-9H. The molecule has 22 heavy (non-hydrogen) atoms. The maximum Gasteiger partial charge on any atom is 0.223 e. The van der Waals surface area contributed by atoms with Gasteiger partial charge in [-0.3, -0.25) is 0 Å². The highest BCUT2D eigenvalue weighted by Gasteiger charge is 2.07. The highest BCUT2D eigenvalue weighted by atomic mass is 35.5. The van der Waals surface area contributed by atoms with Crippen LogP contribution in [0.25, 0.3) is 22.5 Å². The molecule has 1 aromatic heterocycles. The van der Waals surface area contributed by atoms with Crippen molar-refractivity contribution in [2.45, 2.75) is 0 Å². The van der Waals surface area contributed by atoms with Gasteiger partial charge in [-0.1, -0.05) is 35.9 Å². The summed E-state index contributed by atoms with van der Waals surface area (Å²) in [6.07, 6.45) is 0. The van der Waals surface area contributed by atoms with Crippen molar-refractivity contribution in [1.29, 1.82) is 5.26 Å². The Balaban J connectivity index is 2.06. The average molecular weight is 326 g/mol. The topological polar surface area (TPSA) is 49.6 Å². The van der Waals surface area contributed by atoms with E-state index >= 15 is 0 Å². The number of nitriles is 1. The van der Waals surface area contributed by atoms with Gasteiger partial charge in [0.1, 0.15) is 0 Å². The highest BCUT2D eigenvalue weighted by Crippen LogP contribution is 2.26. The number of hydrogen-bond donors (Lipinski definition) is 0. The van der Waals surface area contributed by atoms with Gasteiger partial charge in [-0.2, -0.15) is 5.26 Å². The van der Waals surface area contributed by atoms with E-state index in [0.717, 1.165) is 16.8 Å². The zero-order chi connectivity index (χ0) is 15.5. The molecule has 5 heteroatoms. The Hall–Kier alpha value is -2.41. The van der Waals surface area contributed by atoms with E-state index in [4.69, 9.17) is 28.5 Å². The van der Waals surface area contributed by atoms with Crippen molar-refractivity contribution in [3.05, 3.63) is 70.5 Å². The van der Waals surface area contributed by atoms with E-state index in [1.54, 1.807) is 24.3 Å². The summed E-state index contributed by atoms with van der Waals surface area (Å²) in [5.74, 6) is 0. The fourth-order valence-corrected chi connectivity index (χ4v) is 2.36. The van der Waals surface area contributed by atoms with Crippen LogP contribution in [0.15, 0.2) is 54.6 Å². The van der Waals surface area contributed by atoms with Crippen molar-refractivity contribution in [3.63, 3.8) is 0 Å². The Kier molecular flexibility index (Phi) is 4.06. The van der Waals surface area contributed by atoms with E-state index in [0.29, 0.717) is 16.3 Å². The van der Waals surface area contributed by atoms with Crippen molar-refractivity contribution < 1.29 is 0 Å². The van der Waals surface area contributed by atoms with Gasteiger partial charge < -0.3 is 0 Å². The number of halogens is 2. The van der Waals surface area contributed by atoms with E-state index in [9.17, 15) is 0 Å². The summed E-state index contributed by atoms with van der Waals surface area (Å²) < 4.78 is 0. The van der Waals surface area contributed by atoms with Crippen LogP contribution < -0.4 is 0 Å². The smallest absolute Gasteiger partial charge is 0.218 e. The van der Waals surface area contributed by atoms with Crippen LogP contribution in [0.5, 0.6) is 0 Å². The average Bonchev–Trinajstić information content (AvgIpc) is 2.55. The van der Waals surface area contributed by atoms with Crippen LogP contribution in [0.1, 0.15) is 5.56 Å². The summed E-state index contributed by atoms with van der Waals surface area (Å²) in [5, 5.41) is 9.69. The second kappa shape index (κ2) is 6.15. The van der Waals surface area contributed by atoms with Crippen molar-refractivity contribution in [2.24, 2.45) is 0 Å². The molecule has 106 valence electrons. The lowest BCUT2D eigenvalue weighted by Gasteiger charge is -2.06. The molecule has 0 spiro atoms. The molecule has 3 aromatic rings. The predicted octanol–water partition coefficient (Wildman–Crippen LogP) is 4.99. The minimum atomic E-state index is 0.173. The van der Waals surface area contributed by atoms with E-state index in [1.807, 2.05) is 30.3 Å². The molecule has 0 saturated carbocycles. The van der Waals surface area contributed by atoms with Gasteiger partial charge >= 0.3 is 0 Å². The van der Waals surface area contributed by atoms with Gasteiger partial charge in [0.2, 0.25) is 5.28 Å². The molecule has 0 N–H and O–H groups in total. The molecule has 0 amide bonds. The molecule has 1 heterocycles. The lowest BCUT2D eigenvalue weighted by Crippen LogP contribution is -1.92. The third-order valence-corrected chi connectivity index (χ3v) is 3.57. The minimum absolute atomic E-state index is 0.173. The first kappa shape index (κ1) is 14.5. The van der Waals surface area contributed by atoms with Gasteiger partial charge in [0.15, 0.2) is 0 Å². The summed E-state index contributed by atoms with van der Waals surface area (Å²) in [7, 11) is 0. The lowest BCUT2D eigenvalue weighted by atomic mass is 10.1. The Labute approximate surface area is 137 Å². The molecule has 0 aliphatic heterocycles. The SMILES string of the molecule is N#Cc1ccc(-c2cc(-c3ccc(Cl)cc3)nc(Cl)n2)cc1. The number of hydrogen-bond acceptors (Lipinski definition) is 3. The van der Waals surface area contributed by atoms with Crippen LogP contribution >= 0.6 is 23.2 Å². The Bertz CT molecular complexity index is 851. The summed E-state index contributed by atoms with van der Waals surface area (Å²) in [6.45, 7) is 0.